The maximum atomic E-state index is 11.4. The van der Waals surface area contributed by atoms with E-state index in [1.54, 1.807) is 19.2 Å². The highest BCUT2D eigenvalue weighted by atomic mass is 16.1. The maximum absolute atomic E-state index is 11.4. The van der Waals surface area contributed by atoms with Gasteiger partial charge in [0.25, 0.3) is 0 Å². The fraction of sp³-hybridized carbons (Fsp3) is 0.625. The van der Waals surface area contributed by atoms with Crippen molar-refractivity contribution in [2.45, 2.75) is 52.5 Å². The molecule has 1 heterocycles. The standard InChI is InChI=1S/C16H24N2O/c1-12(19)13-7-10-17-15(11-13)18(4)14-5-8-16(2,3)9-6-14/h7,10-11,14H,5-6,8-9H2,1-4H3. The molecule has 1 fully saturated rings. The number of carbonyl (C=O) groups excluding carboxylic acids is 1. The van der Waals surface area contributed by atoms with Crippen LogP contribution in [0.4, 0.5) is 5.82 Å². The van der Waals surface area contributed by atoms with Crippen LogP contribution in [0, 0.1) is 5.41 Å². The topological polar surface area (TPSA) is 33.2 Å². The first-order chi connectivity index (χ1) is 8.89. The Morgan fingerprint density at radius 3 is 2.58 bits per heavy atom. The zero-order valence-corrected chi connectivity index (χ0v) is 12.4. The average molecular weight is 260 g/mol. The van der Waals surface area contributed by atoms with Crippen LogP contribution in [0.3, 0.4) is 0 Å². The van der Waals surface area contributed by atoms with Gasteiger partial charge in [-0.25, -0.2) is 4.98 Å². The van der Waals surface area contributed by atoms with Crippen LogP contribution in [0.1, 0.15) is 56.8 Å². The third-order valence-corrected chi connectivity index (χ3v) is 4.37. The predicted molar refractivity (Wildman–Crippen MR) is 78.7 cm³/mol. The molecule has 0 unspecified atom stereocenters. The number of Topliss-reactive ketones (excluding diaryl/α,β-unsaturated/α-hetero) is 1. The van der Waals surface area contributed by atoms with Crippen molar-refractivity contribution in [1.29, 1.82) is 0 Å². The molecule has 104 valence electrons. The lowest BCUT2D eigenvalue weighted by molar-refractivity contribution is 0.101. The molecule has 1 aliphatic carbocycles. The van der Waals surface area contributed by atoms with Crippen molar-refractivity contribution >= 4 is 11.6 Å². The van der Waals surface area contributed by atoms with Crippen molar-refractivity contribution in [3.63, 3.8) is 0 Å². The van der Waals surface area contributed by atoms with Crippen LogP contribution in [0.15, 0.2) is 18.3 Å². The van der Waals surface area contributed by atoms with Gasteiger partial charge in [0.15, 0.2) is 5.78 Å². The smallest absolute Gasteiger partial charge is 0.159 e. The van der Waals surface area contributed by atoms with Gasteiger partial charge in [0.2, 0.25) is 0 Å². The summed E-state index contributed by atoms with van der Waals surface area (Å²) in [5, 5.41) is 0. The third-order valence-electron chi connectivity index (χ3n) is 4.37. The molecule has 2 rings (SSSR count). The zero-order valence-electron chi connectivity index (χ0n) is 12.4. The quantitative estimate of drug-likeness (QED) is 0.777. The summed E-state index contributed by atoms with van der Waals surface area (Å²) < 4.78 is 0. The number of hydrogen-bond donors (Lipinski definition) is 0. The molecule has 0 aliphatic heterocycles. The Kier molecular flexibility index (Phi) is 3.93. The highest BCUT2D eigenvalue weighted by Gasteiger charge is 2.29. The SMILES string of the molecule is CC(=O)c1ccnc(N(C)C2CCC(C)(C)CC2)c1. The number of aromatic nitrogens is 1. The minimum absolute atomic E-state index is 0.0989. The van der Waals surface area contributed by atoms with E-state index in [0.29, 0.717) is 11.5 Å². The summed E-state index contributed by atoms with van der Waals surface area (Å²) in [6.07, 6.45) is 6.66. The van der Waals surface area contributed by atoms with E-state index in [1.165, 1.54) is 25.7 Å². The molecule has 3 nitrogen and oxygen atoms in total. The number of hydrogen-bond acceptors (Lipinski definition) is 3. The van der Waals surface area contributed by atoms with Crippen LogP contribution < -0.4 is 4.90 Å². The van der Waals surface area contributed by atoms with E-state index in [2.05, 4.69) is 30.8 Å². The normalized spacial score (nSPS) is 19.2. The molecule has 0 saturated heterocycles. The van der Waals surface area contributed by atoms with Crippen LogP contribution in [0.2, 0.25) is 0 Å². The Bertz CT molecular complexity index is 458. The second-order valence-corrected chi connectivity index (χ2v) is 6.47. The zero-order chi connectivity index (χ0) is 14.0. The van der Waals surface area contributed by atoms with Gasteiger partial charge in [-0.15, -0.1) is 0 Å². The Morgan fingerprint density at radius 1 is 1.37 bits per heavy atom. The lowest BCUT2D eigenvalue weighted by atomic mass is 9.75. The van der Waals surface area contributed by atoms with Gasteiger partial charge in [-0.2, -0.15) is 0 Å². The maximum Gasteiger partial charge on any atom is 0.159 e. The van der Waals surface area contributed by atoms with Crippen molar-refractivity contribution in [1.82, 2.24) is 4.98 Å². The predicted octanol–water partition coefficient (Wildman–Crippen LogP) is 3.69. The molecule has 0 bridgehead atoms. The fourth-order valence-corrected chi connectivity index (χ4v) is 2.79. The second kappa shape index (κ2) is 5.32. The average Bonchev–Trinajstić information content (AvgIpc) is 2.38. The number of pyridine rings is 1. The molecule has 3 heteroatoms. The minimum atomic E-state index is 0.0989. The largest absolute Gasteiger partial charge is 0.357 e. The third kappa shape index (κ3) is 3.34. The molecule has 1 aromatic heterocycles. The molecule has 0 spiro atoms. The van der Waals surface area contributed by atoms with Crippen molar-refractivity contribution in [2.24, 2.45) is 5.41 Å². The molecule has 1 saturated carbocycles. The van der Waals surface area contributed by atoms with Gasteiger partial charge in [0.05, 0.1) is 0 Å². The molecule has 0 amide bonds. The number of nitrogens with zero attached hydrogens (tertiary/aromatic N) is 2. The molecule has 19 heavy (non-hydrogen) atoms. The first-order valence-electron chi connectivity index (χ1n) is 7.09. The van der Waals surface area contributed by atoms with Gasteiger partial charge in [0.1, 0.15) is 5.82 Å². The van der Waals surface area contributed by atoms with E-state index < -0.39 is 0 Å². The number of ketones is 1. The van der Waals surface area contributed by atoms with Crippen molar-refractivity contribution < 1.29 is 4.79 Å². The van der Waals surface area contributed by atoms with Crippen LogP contribution in [0.5, 0.6) is 0 Å². The summed E-state index contributed by atoms with van der Waals surface area (Å²) in [7, 11) is 2.09. The monoisotopic (exact) mass is 260 g/mol. The lowest BCUT2D eigenvalue weighted by Gasteiger charge is -2.39. The van der Waals surface area contributed by atoms with Gasteiger partial charge >= 0.3 is 0 Å². The highest BCUT2D eigenvalue weighted by molar-refractivity contribution is 5.94. The van der Waals surface area contributed by atoms with Crippen molar-refractivity contribution in [3.05, 3.63) is 23.9 Å². The second-order valence-electron chi connectivity index (χ2n) is 6.47. The molecule has 0 atom stereocenters. The van der Waals surface area contributed by atoms with Crippen LogP contribution >= 0.6 is 0 Å². The minimum Gasteiger partial charge on any atom is -0.357 e. The first-order valence-corrected chi connectivity index (χ1v) is 7.09. The highest BCUT2D eigenvalue weighted by Crippen LogP contribution is 2.37. The van der Waals surface area contributed by atoms with Crippen LogP contribution in [0.25, 0.3) is 0 Å². The summed E-state index contributed by atoms with van der Waals surface area (Å²) >= 11 is 0. The molecular formula is C16H24N2O. The van der Waals surface area contributed by atoms with Crippen molar-refractivity contribution in [2.75, 3.05) is 11.9 Å². The van der Waals surface area contributed by atoms with Crippen LogP contribution in [-0.2, 0) is 0 Å². The van der Waals surface area contributed by atoms with E-state index in [4.69, 9.17) is 0 Å². The summed E-state index contributed by atoms with van der Waals surface area (Å²) in [6.45, 7) is 6.29. The summed E-state index contributed by atoms with van der Waals surface area (Å²) in [5.74, 6) is 1.01. The molecule has 1 aromatic rings. The van der Waals surface area contributed by atoms with Gasteiger partial charge < -0.3 is 4.90 Å². The molecule has 0 radical (unpaired) electrons. The van der Waals surface area contributed by atoms with Crippen molar-refractivity contribution in [3.8, 4) is 0 Å². The molecule has 0 N–H and O–H groups in total. The van der Waals surface area contributed by atoms with E-state index in [1.807, 2.05) is 6.07 Å². The number of carbonyl (C=O) groups is 1. The van der Waals surface area contributed by atoms with E-state index in [-0.39, 0.29) is 5.78 Å². The Morgan fingerprint density at radius 2 is 2.00 bits per heavy atom. The first kappa shape index (κ1) is 14.0. The number of rotatable bonds is 3. The fourth-order valence-electron chi connectivity index (χ4n) is 2.79. The molecular weight excluding hydrogens is 236 g/mol. The molecule has 0 aromatic carbocycles. The van der Waals surface area contributed by atoms with Gasteiger partial charge in [-0.05, 0) is 50.2 Å². The van der Waals surface area contributed by atoms with Gasteiger partial charge in [0, 0.05) is 24.8 Å². The van der Waals surface area contributed by atoms with E-state index in [0.717, 1.165) is 11.4 Å². The lowest BCUT2D eigenvalue weighted by Crippen LogP contribution is -2.37. The van der Waals surface area contributed by atoms with Gasteiger partial charge in [-0.1, -0.05) is 13.8 Å². The Balaban J connectivity index is 2.10. The Hall–Kier alpha value is -1.38. The Labute approximate surface area is 116 Å². The summed E-state index contributed by atoms with van der Waals surface area (Å²) in [6, 6.07) is 4.23. The van der Waals surface area contributed by atoms with Crippen LogP contribution in [-0.4, -0.2) is 23.9 Å². The molecule has 1 aliphatic rings. The summed E-state index contributed by atoms with van der Waals surface area (Å²) in [4.78, 5) is 18.1. The summed E-state index contributed by atoms with van der Waals surface area (Å²) in [5.41, 5.74) is 1.22. The number of anilines is 1. The van der Waals surface area contributed by atoms with Gasteiger partial charge in [-0.3, -0.25) is 4.79 Å². The van der Waals surface area contributed by atoms with E-state index >= 15 is 0 Å². The van der Waals surface area contributed by atoms with E-state index in [9.17, 15) is 4.79 Å².